The summed E-state index contributed by atoms with van der Waals surface area (Å²) in [5.41, 5.74) is 0.179. The summed E-state index contributed by atoms with van der Waals surface area (Å²) < 4.78 is 32.0. The highest BCUT2D eigenvalue weighted by Gasteiger charge is 2.28. The standard InChI is InChI=1S/C12H13F2NO3/c1-15-8(2-3-11(16)17)6-18-10-5-7(13)4-9(14)12(10)15/h4-5,8H,2-3,6H2,1H3,(H,16,17). The summed E-state index contributed by atoms with van der Waals surface area (Å²) >= 11 is 0. The summed E-state index contributed by atoms with van der Waals surface area (Å²) in [5, 5.41) is 8.63. The second-order valence-electron chi connectivity index (χ2n) is 4.24. The number of likely N-dealkylation sites (N-methyl/N-ethyl adjacent to an activating group) is 1. The molecule has 0 saturated carbocycles. The predicted molar refractivity (Wildman–Crippen MR) is 60.9 cm³/mol. The van der Waals surface area contributed by atoms with Gasteiger partial charge < -0.3 is 14.7 Å². The maximum Gasteiger partial charge on any atom is 0.303 e. The van der Waals surface area contributed by atoms with Crippen molar-refractivity contribution in [3.63, 3.8) is 0 Å². The van der Waals surface area contributed by atoms with Crippen LogP contribution in [0.25, 0.3) is 0 Å². The van der Waals surface area contributed by atoms with Gasteiger partial charge in [0.25, 0.3) is 0 Å². The number of benzene rings is 1. The van der Waals surface area contributed by atoms with Crippen molar-refractivity contribution in [1.82, 2.24) is 0 Å². The maximum absolute atomic E-state index is 13.7. The molecule has 0 radical (unpaired) electrons. The molecule has 0 aliphatic carbocycles. The molecule has 98 valence electrons. The molecule has 1 aliphatic rings. The van der Waals surface area contributed by atoms with Crippen molar-refractivity contribution in [2.45, 2.75) is 18.9 Å². The lowest BCUT2D eigenvalue weighted by molar-refractivity contribution is -0.137. The molecule has 1 unspecified atom stereocenters. The van der Waals surface area contributed by atoms with Crippen LogP contribution in [-0.4, -0.2) is 30.8 Å². The minimum absolute atomic E-state index is 0.0173. The highest BCUT2D eigenvalue weighted by atomic mass is 19.1. The molecule has 6 heteroatoms. The van der Waals surface area contributed by atoms with Crippen LogP contribution in [0.4, 0.5) is 14.5 Å². The van der Waals surface area contributed by atoms with Crippen molar-refractivity contribution in [2.24, 2.45) is 0 Å². The molecule has 1 atom stereocenters. The third kappa shape index (κ3) is 2.37. The van der Waals surface area contributed by atoms with Gasteiger partial charge in [0.15, 0.2) is 5.82 Å². The van der Waals surface area contributed by atoms with E-state index in [2.05, 4.69) is 0 Å². The van der Waals surface area contributed by atoms with Crippen molar-refractivity contribution in [3.8, 4) is 5.75 Å². The molecular weight excluding hydrogens is 244 g/mol. The molecule has 18 heavy (non-hydrogen) atoms. The van der Waals surface area contributed by atoms with E-state index in [-0.39, 0.29) is 30.5 Å². The molecule has 0 spiro atoms. The zero-order valence-electron chi connectivity index (χ0n) is 9.82. The van der Waals surface area contributed by atoms with E-state index in [1.807, 2.05) is 0 Å². The summed E-state index contributed by atoms with van der Waals surface area (Å²) in [6.07, 6.45) is 0.332. The summed E-state index contributed by atoms with van der Waals surface area (Å²) in [5.74, 6) is -2.15. The van der Waals surface area contributed by atoms with Gasteiger partial charge in [-0.3, -0.25) is 4.79 Å². The quantitative estimate of drug-likeness (QED) is 0.900. The Labute approximate surface area is 103 Å². The zero-order valence-corrected chi connectivity index (χ0v) is 9.82. The third-order valence-corrected chi connectivity index (χ3v) is 3.02. The Balaban J connectivity index is 2.22. The number of nitrogens with zero attached hydrogens (tertiary/aromatic N) is 1. The molecule has 0 bridgehead atoms. The van der Waals surface area contributed by atoms with Gasteiger partial charge in [-0.15, -0.1) is 0 Å². The number of rotatable bonds is 3. The first-order valence-corrected chi connectivity index (χ1v) is 5.55. The first-order valence-electron chi connectivity index (χ1n) is 5.55. The van der Waals surface area contributed by atoms with Crippen LogP contribution in [0.3, 0.4) is 0 Å². The molecule has 1 heterocycles. The number of ether oxygens (including phenoxy) is 1. The lowest BCUT2D eigenvalue weighted by atomic mass is 10.1. The normalized spacial score (nSPS) is 18.2. The number of carbonyl (C=O) groups is 1. The third-order valence-electron chi connectivity index (χ3n) is 3.02. The fourth-order valence-corrected chi connectivity index (χ4v) is 2.04. The van der Waals surface area contributed by atoms with Crippen LogP contribution in [0.5, 0.6) is 5.75 Å². The summed E-state index contributed by atoms with van der Waals surface area (Å²) in [6.45, 7) is 0.222. The van der Waals surface area contributed by atoms with Crippen LogP contribution in [0.15, 0.2) is 12.1 Å². The number of aliphatic carboxylic acids is 1. The van der Waals surface area contributed by atoms with E-state index < -0.39 is 17.6 Å². The van der Waals surface area contributed by atoms with Gasteiger partial charge in [0.2, 0.25) is 0 Å². The van der Waals surface area contributed by atoms with Gasteiger partial charge in [-0.05, 0) is 6.42 Å². The van der Waals surface area contributed by atoms with E-state index >= 15 is 0 Å². The second-order valence-corrected chi connectivity index (χ2v) is 4.24. The van der Waals surface area contributed by atoms with Crippen LogP contribution in [0, 0.1) is 11.6 Å². The Hall–Kier alpha value is -1.85. The van der Waals surface area contributed by atoms with Crippen LogP contribution in [-0.2, 0) is 4.79 Å². The SMILES string of the molecule is CN1c2c(F)cc(F)cc2OCC1CCC(=O)O. The van der Waals surface area contributed by atoms with Crippen LogP contribution >= 0.6 is 0 Å². The summed E-state index contributed by atoms with van der Waals surface area (Å²) in [6, 6.07) is 1.69. The van der Waals surface area contributed by atoms with E-state index in [0.717, 1.165) is 12.1 Å². The van der Waals surface area contributed by atoms with E-state index in [9.17, 15) is 13.6 Å². The van der Waals surface area contributed by atoms with Crippen molar-refractivity contribution < 1.29 is 23.4 Å². The Bertz CT molecular complexity index is 479. The number of carboxylic acid groups (broad SMARTS) is 1. The van der Waals surface area contributed by atoms with Crippen molar-refractivity contribution in [3.05, 3.63) is 23.8 Å². The Kier molecular flexibility index (Phi) is 3.36. The van der Waals surface area contributed by atoms with Crippen molar-refractivity contribution >= 4 is 11.7 Å². The predicted octanol–water partition coefficient (Wildman–Crippen LogP) is 2.03. The molecule has 0 saturated heterocycles. The molecule has 0 aromatic heterocycles. The van der Waals surface area contributed by atoms with Crippen LogP contribution in [0.1, 0.15) is 12.8 Å². The lowest BCUT2D eigenvalue weighted by Gasteiger charge is -2.35. The first-order chi connectivity index (χ1) is 8.49. The van der Waals surface area contributed by atoms with E-state index in [1.54, 1.807) is 11.9 Å². The average Bonchev–Trinajstić information content (AvgIpc) is 2.26. The van der Waals surface area contributed by atoms with E-state index in [4.69, 9.17) is 9.84 Å². The Morgan fingerprint density at radius 3 is 2.94 bits per heavy atom. The number of hydrogen-bond donors (Lipinski definition) is 1. The van der Waals surface area contributed by atoms with Crippen molar-refractivity contribution in [2.75, 3.05) is 18.6 Å². The molecule has 2 rings (SSSR count). The topological polar surface area (TPSA) is 49.8 Å². The van der Waals surface area contributed by atoms with Gasteiger partial charge >= 0.3 is 5.97 Å². The minimum atomic E-state index is -0.909. The van der Waals surface area contributed by atoms with Gasteiger partial charge in [0, 0.05) is 25.6 Å². The first kappa shape index (κ1) is 12.6. The van der Waals surface area contributed by atoms with Crippen molar-refractivity contribution in [1.29, 1.82) is 0 Å². The molecule has 1 aromatic rings. The molecule has 4 nitrogen and oxygen atoms in total. The zero-order chi connectivity index (χ0) is 13.3. The Morgan fingerprint density at radius 2 is 2.28 bits per heavy atom. The smallest absolute Gasteiger partial charge is 0.303 e. The fourth-order valence-electron chi connectivity index (χ4n) is 2.04. The summed E-state index contributed by atoms with van der Waals surface area (Å²) in [7, 11) is 1.65. The maximum atomic E-state index is 13.7. The summed E-state index contributed by atoms with van der Waals surface area (Å²) in [4.78, 5) is 12.1. The van der Waals surface area contributed by atoms with Crippen LogP contribution < -0.4 is 9.64 Å². The largest absolute Gasteiger partial charge is 0.489 e. The molecular formula is C12H13F2NO3. The number of hydrogen-bond acceptors (Lipinski definition) is 3. The van der Waals surface area contributed by atoms with Gasteiger partial charge in [0.1, 0.15) is 23.9 Å². The number of halogens is 2. The van der Waals surface area contributed by atoms with Gasteiger partial charge in [-0.1, -0.05) is 0 Å². The Morgan fingerprint density at radius 1 is 1.56 bits per heavy atom. The van der Waals surface area contributed by atoms with E-state index in [1.165, 1.54) is 0 Å². The number of anilines is 1. The van der Waals surface area contributed by atoms with Gasteiger partial charge in [0.05, 0.1) is 6.04 Å². The number of carboxylic acids is 1. The number of fused-ring (bicyclic) bond motifs is 1. The van der Waals surface area contributed by atoms with E-state index in [0.29, 0.717) is 6.42 Å². The minimum Gasteiger partial charge on any atom is -0.489 e. The lowest BCUT2D eigenvalue weighted by Crippen LogP contribution is -2.41. The molecule has 0 fully saturated rings. The molecule has 1 aliphatic heterocycles. The highest BCUT2D eigenvalue weighted by Crippen LogP contribution is 2.36. The van der Waals surface area contributed by atoms with Gasteiger partial charge in [-0.25, -0.2) is 8.78 Å². The average molecular weight is 257 g/mol. The molecule has 0 amide bonds. The van der Waals surface area contributed by atoms with Crippen LogP contribution in [0.2, 0.25) is 0 Å². The fraction of sp³-hybridized carbons (Fsp3) is 0.417. The highest BCUT2D eigenvalue weighted by molar-refractivity contribution is 5.67. The molecule has 1 N–H and O–H groups in total. The second kappa shape index (κ2) is 4.80. The monoisotopic (exact) mass is 257 g/mol. The van der Waals surface area contributed by atoms with Gasteiger partial charge in [-0.2, -0.15) is 0 Å². The molecule has 1 aromatic carbocycles.